The van der Waals surface area contributed by atoms with Crippen molar-refractivity contribution in [2.45, 2.75) is 19.1 Å². The first-order valence-electron chi connectivity index (χ1n) is 4.03. The summed E-state index contributed by atoms with van der Waals surface area (Å²) in [6, 6.07) is 10.8. The van der Waals surface area contributed by atoms with Crippen LogP contribution in [-0.4, -0.2) is 17.3 Å². The molecule has 0 saturated heterocycles. The highest BCUT2D eigenvalue weighted by atomic mass is 16.5. The number of hydrogen-bond acceptors (Lipinski definition) is 3. The summed E-state index contributed by atoms with van der Waals surface area (Å²) >= 11 is 0. The minimum Gasteiger partial charge on any atom is -0.487 e. The molecule has 3 heteroatoms. The number of benzene rings is 1. The van der Waals surface area contributed by atoms with Crippen molar-refractivity contribution in [3.05, 3.63) is 30.3 Å². The Hall–Kier alpha value is -1.53. The number of nitrogens with zero attached hydrogens (tertiary/aromatic N) is 1. The van der Waals surface area contributed by atoms with Crippen LogP contribution in [0.5, 0.6) is 5.75 Å². The number of para-hydroxylation sites is 1. The van der Waals surface area contributed by atoms with E-state index < -0.39 is 12.2 Å². The van der Waals surface area contributed by atoms with Gasteiger partial charge in [-0.05, 0) is 19.1 Å². The molecule has 0 aliphatic carbocycles. The molecule has 0 aliphatic heterocycles. The quantitative estimate of drug-likeness (QED) is 0.709. The molecule has 2 atom stereocenters. The summed E-state index contributed by atoms with van der Waals surface area (Å²) in [6.07, 6.45) is -1.59. The molecule has 0 fully saturated rings. The molecule has 0 saturated carbocycles. The van der Waals surface area contributed by atoms with E-state index in [9.17, 15) is 0 Å². The van der Waals surface area contributed by atoms with Gasteiger partial charge in [-0.3, -0.25) is 0 Å². The Balaban J connectivity index is 2.56. The molecular weight excluding hydrogens is 166 g/mol. The van der Waals surface area contributed by atoms with Gasteiger partial charge in [-0.2, -0.15) is 5.26 Å². The Bertz CT molecular complexity index is 292. The fourth-order valence-corrected chi connectivity index (χ4v) is 0.883. The minimum atomic E-state index is -1.08. The molecular formula is C10H11NO2. The molecule has 0 bridgehead atoms. The van der Waals surface area contributed by atoms with Crippen LogP contribution in [0, 0.1) is 11.3 Å². The molecule has 0 aliphatic rings. The molecule has 1 aromatic rings. The molecule has 13 heavy (non-hydrogen) atoms. The standard InChI is InChI=1S/C10H11NO2/c1-8(10(12)7-11)13-9-5-3-2-4-6-9/h2-6,8,10,12H,1H3. The third-order valence-electron chi connectivity index (χ3n) is 1.64. The number of rotatable bonds is 3. The largest absolute Gasteiger partial charge is 0.487 e. The molecule has 0 spiro atoms. The van der Waals surface area contributed by atoms with E-state index in [0.717, 1.165) is 0 Å². The molecule has 0 aromatic heterocycles. The fraction of sp³-hybridized carbons (Fsp3) is 0.300. The zero-order valence-electron chi connectivity index (χ0n) is 7.34. The second kappa shape index (κ2) is 4.48. The van der Waals surface area contributed by atoms with Crippen LogP contribution >= 0.6 is 0 Å². The first kappa shape index (κ1) is 9.56. The van der Waals surface area contributed by atoms with Gasteiger partial charge in [0.15, 0.2) is 6.10 Å². The highest BCUT2D eigenvalue weighted by molar-refractivity contribution is 5.21. The van der Waals surface area contributed by atoms with Gasteiger partial charge in [0.05, 0.1) is 6.07 Å². The minimum absolute atomic E-state index is 0.507. The normalized spacial score (nSPS) is 14.2. The number of hydrogen-bond donors (Lipinski definition) is 1. The van der Waals surface area contributed by atoms with Gasteiger partial charge in [0.25, 0.3) is 0 Å². The van der Waals surface area contributed by atoms with Crippen molar-refractivity contribution >= 4 is 0 Å². The average Bonchev–Trinajstić information content (AvgIpc) is 2.18. The summed E-state index contributed by atoms with van der Waals surface area (Å²) in [7, 11) is 0. The molecule has 3 nitrogen and oxygen atoms in total. The van der Waals surface area contributed by atoms with E-state index in [4.69, 9.17) is 15.1 Å². The van der Waals surface area contributed by atoms with Crippen molar-refractivity contribution in [1.82, 2.24) is 0 Å². The Kier molecular flexibility index (Phi) is 3.30. The van der Waals surface area contributed by atoms with E-state index >= 15 is 0 Å². The van der Waals surface area contributed by atoms with Crippen LogP contribution in [0.25, 0.3) is 0 Å². The third-order valence-corrected chi connectivity index (χ3v) is 1.64. The lowest BCUT2D eigenvalue weighted by atomic mass is 10.2. The summed E-state index contributed by atoms with van der Waals surface area (Å²) in [5, 5.41) is 17.5. The van der Waals surface area contributed by atoms with Crippen LogP contribution in [0.4, 0.5) is 0 Å². The lowest BCUT2D eigenvalue weighted by Gasteiger charge is -2.14. The topological polar surface area (TPSA) is 53.2 Å². The zero-order valence-corrected chi connectivity index (χ0v) is 7.34. The summed E-state index contributed by atoms with van der Waals surface area (Å²) in [4.78, 5) is 0. The Morgan fingerprint density at radius 3 is 2.54 bits per heavy atom. The first-order chi connectivity index (χ1) is 6.24. The number of aliphatic hydroxyl groups is 1. The van der Waals surface area contributed by atoms with Crippen molar-refractivity contribution in [1.29, 1.82) is 5.26 Å². The molecule has 0 radical (unpaired) electrons. The van der Waals surface area contributed by atoms with E-state index in [0.29, 0.717) is 5.75 Å². The van der Waals surface area contributed by atoms with Crippen molar-refractivity contribution in [2.75, 3.05) is 0 Å². The second-order valence-electron chi connectivity index (χ2n) is 2.71. The second-order valence-corrected chi connectivity index (χ2v) is 2.71. The van der Waals surface area contributed by atoms with Crippen molar-refractivity contribution < 1.29 is 9.84 Å². The summed E-state index contributed by atoms with van der Waals surface area (Å²) in [5.41, 5.74) is 0. The maximum absolute atomic E-state index is 9.10. The van der Waals surface area contributed by atoms with Crippen LogP contribution in [0.15, 0.2) is 30.3 Å². The third kappa shape index (κ3) is 2.77. The molecule has 1 N–H and O–H groups in total. The van der Waals surface area contributed by atoms with E-state index in [2.05, 4.69) is 0 Å². The maximum atomic E-state index is 9.10. The van der Waals surface area contributed by atoms with E-state index in [1.54, 1.807) is 25.1 Å². The fourth-order valence-electron chi connectivity index (χ4n) is 0.883. The Morgan fingerprint density at radius 2 is 2.00 bits per heavy atom. The summed E-state index contributed by atoms with van der Waals surface area (Å²) in [6.45, 7) is 1.65. The number of aliphatic hydroxyl groups excluding tert-OH is 1. The highest BCUT2D eigenvalue weighted by Gasteiger charge is 2.13. The van der Waals surface area contributed by atoms with Gasteiger partial charge >= 0.3 is 0 Å². The van der Waals surface area contributed by atoms with Crippen LogP contribution in [0.1, 0.15) is 6.92 Å². The summed E-state index contributed by atoms with van der Waals surface area (Å²) in [5.74, 6) is 0.657. The van der Waals surface area contributed by atoms with Crippen LogP contribution < -0.4 is 4.74 Å². The molecule has 0 amide bonds. The predicted octanol–water partition coefficient (Wildman–Crippen LogP) is 1.34. The van der Waals surface area contributed by atoms with Crippen molar-refractivity contribution in [2.24, 2.45) is 0 Å². The number of nitriles is 1. The first-order valence-corrected chi connectivity index (χ1v) is 4.03. The van der Waals surface area contributed by atoms with E-state index in [-0.39, 0.29) is 0 Å². The molecule has 0 heterocycles. The van der Waals surface area contributed by atoms with E-state index in [1.807, 2.05) is 18.2 Å². The van der Waals surface area contributed by atoms with Crippen molar-refractivity contribution in [3.8, 4) is 11.8 Å². The monoisotopic (exact) mass is 177 g/mol. The van der Waals surface area contributed by atoms with Gasteiger partial charge in [0, 0.05) is 0 Å². The van der Waals surface area contributed by atoms with Gasteiger partial charge in [0.1, 0.15) is 11.9 Å². The molecule has 68 valence electrons. The van der Waals surface area contributed by atoms with Gasteiger partial charge in [-0.1, -0.05) is 18.2 Å². The highest BCUT2D eigenvalue weighted by Crippen LogP contribution is 2.11. The molecule has 1 rings (SSSR count). The zero-order chi connectivity index (χ0) is 9.68. The van der Waals surface area contributed by atoms with Crippen LogP contribution in [0.3, 0.4) is 0 Å². The Morgan fingerprint density at radius 1 is 1.38 bits per heavy atom. The maximum Gasteiger partial charge on any atom is 0.177 e. The average molecular weight is 177 g/mol. The van der Waals surface area contributed by atoms with Crippen LogP contribution in [-0.2, 0) is 0 Å². The van der Waals surface area contributed by atoms with Gasteiger partial charge in [-0.15, -0.1) is 0 Å². The van der Waals surface area contributed by atoms with E-state index in [1.165, 1.54) is 0 Å². The van der Waals surface area contributed by atoms with Crippen molar-refractivity contribution in [3.63, 3.8) is 0 Å². The Labute approximate surface area is 77.2 Å². The van der Waals surface area contributed by atoms with Gasteiger partial charge in [-0.25, -0.2) is 0 Å². The lowest BCUT2D eigenvalue weighted by Crippen LogP contribution is -2.26. The molecule has 1 aromatic carbocycles. The summed E-state index contributed by atoms with van der Waals surface area (Å²) < 4.78 is 5.29. The van der Waals surface area contributed by atoms with Gasteiger partial charge in [0.2, 0.25) is 0 Å². The number of ether oxygens (including phenoxy) is 1. The lowest BCUT2D eigenvalue weighted by molar-refractivity contribution is 0.0842. The molecule has 2 unspecified atom stereocenters. The smallest absolute Gasteiger partial charge is 0.177 e. The van der Waals surface area contributed by atoms with Gasteiger partial charge < -0.3 is 9.84 Å². The SMILES string of the molecule is CC(Oc1ccccc1)C(O)C#N. The van der Waals surface area contributed by atoms with Crippen LogP contribution in [0.2, 0.25) is 0 Å². The predicted molar refractivity (Wildman–Crippen MR) is 48.2 cm³/mol.